The van der Waals surface area contributed by atoms with Crippen molar-refractivity contribution in [1.29, 1.82) is 0 Å². The van der Waals surface area contributed by atoms with Crippen molar-refractivity contribution in [1.82, 2.24) is 40.1 Å². The number of H-pyrrole nitrogens is 3. The zero-order valence-corrected chi connectivity index (χ0v) is 92.5. The van der Waals surface area contributed by atoms with Gasteiger partial charge in [-0.2, -0.15) is 15.3 Å². The number of ether oxygens (including phenoxy) is 4. The Hall–Kier alpha value is -15.8. The van der Waals surface area contributed by atoms with E-state index in [2.05, 4.69) is 110 Å². The molecule has 21 nitrogen and oxygen atoms in total. The first-order valence-corrected chi connectivity index (χ1v) is 52.9. The number of azo groups is 1. The Kier molecular flexibility index (Phi) is 78.4. The Bertz CT molecular complexity index is 5960. The van der Waals surface area contributed by atoms with Crippen LogP contribution in [-0.2, 0) is 25.8 Å². The van der Waals surface area contributed by atoms with Gasteiger partial charge in [0.1, 0.15) is 28.2 Å². The van der Waals surface area contributed by atoms with Gasteiger partial charge in [-0.05, 0) is 163 Å². The number of hydrogen-bond acceptors (Lipinski definition) is 19. The third kappa shape index (κ3) is 48.7. The lowest BCUT2D eigenvalue weighted by atomic mass is 10.1. The van der Waals surface area contributed by atoms with Gasteiger partial charge < -0.3 is 46.9 Å². The van der Waals surface area contributed by atoms with Crippen molar-refractivity contribution in [2.75, 3.05) is 25.4 Å². The summed E-state index contributed by atoms with van der Waals surface area (Å²) in [6.07, 6.45) is 13.5. The van der Waals surface area contributed by atoms with Gasteiger partial charge in [0.2, 0.25) is 6.79 Å². The predicted octanol–water partition coefficient (Wildman–Crippen LogP) is 37.8. The zero-order chi connectivity index (χ0) is 109. The van der Waals surface area contributed by atoms with E-state index in [-0.39, 0.29) is 13.1 Å². The minimum atomic E-state index is -0.402. The summed E-state index contributed by atoms with van der Waals surface area (Å²) in [6, 6.07) is 112. The van der Waals surface area contributed by atoms with Crippen LogP contribution in [0.3, 0.4) is 0 Å². The van der Waals surface area contributed by atoms with E-state index in [0.717, 1.165) is 120 Å². The molecule has 1 aliphatic carbocycles. The van der Waals surface area contributed by atoms with Gasteiger partial charge in [-0.3, -0.25) is 15.1 Å². The molecule has 13 aromatic carbocycles. The van der Waals surface area contributed by atoms with E-state index < -0.39 is 5.76 Å². The second-order valence-corrected chi connectivity index (χ2v) is 27.5. The van der Waals surface area contributed by atoms with E-state index >= 15 is 0 Å². The number of para-hydroxylation sites is 16. The van der Waals surface area contributed by atoms with E-state index in [1.807, 2.05) is 459 Å². The number of nitrogens with one attached hydrogen (secondary N) is 4. The summed E-state index contributed by atoms with van der Waals surface area (Å²) in [5.41, 5.74) is 19.5. The Morgan fingerprint density at radius 2 is 0.811 bits per heavy atom. The average Bonchev–Trinajstić information content (AvgIpc) is 1.82. The van der Waals surface area contributed by atoms with Crippen LogP contribution in [0.2, 0.25) is 0 Å². The van der Waals surface area contributed by atoms with Crippen molar-refractivity contribution in [2.45, 2.75) is 220 Å². The number of thiazole rings is 1. The minimum Gasteiger partial charge on any atom is -0.493 e. The topological polar surface area (TPSA) is 272 Å². The smallest absolute Gasteiger partial charge is 0.417 e. The van der Waals surface area contributed by atoms with Crippen LogP contribution in [0.1, 0.15) is 216 Å². The first kappa shape index (κ1) is 132. The van der Waals surface area contributed by atoms with Crippen LogP contribution in [0.15, 0.2) is 420 Å². The van der Waals surface area contributed by atoms with E-state index in [0.29, 0.717) is 24.7 Å². The predicted molar refractivity (Wildman–Crippen MR) is 634 cm³/mol. The van der Waals surface area contributed by atoms with Crippen LogP contribution in [0.25, 0.3) is 87.2 Å². The molecule has 21 aromatic rings. The van der Waals surface area contributed by atoms with Crippen molar-refractivity contribution >= 4 is 110 Å². The maximum absolute atomic E-state index is 10.7. The molecule has 5 aliphatic rings. The van der Waals surface area contributed by atoms with Crippen LogP contribution < -0.4 is 35.6 Å². The number of rotatable bonds is 0. The molecule has 8 aromatic heterocycles. The third-order valence-electron chi connectivity index (χ3n) is 18.6. The molecular formula is C126H165N11O10S. The Balaban J connectivity index is 0.00000155. The van der Waals surface area contributed by atoms with Crippen LogP contribution in [0.5, 0.6) is 23.0 Å². The maximum atomic E-state index is 10.7. The lowest BCUT2D eigenvalue weighted by Gasteiger charge is -1.93. The summed E-state index contributed by atoms with van der Waals surface area (Å²) in [4.78, 5) is 43.2. The fourth-order valence-electron chi connectivity index (χ4n) is 12.5. The average molecular weight is 2030 g/mol. The number of nitrogens with zero attached hydrogens (tertiary/aromatic N) is 7. The zero-order valence-electron chi connectivity index (χ0n) is 91.7. The summed E-state index contributed by atoms with van der Waals surface area (Å²) in [7, 11) is 0. The highest BCUT2D eigenvalue weighted by Crippen LogP contribution is 2.31. The largest absolute Gasteiger partial charge is 0.493 e. The van der Waals surface area contributed by atoms with Crippen molar-refractivity contribution in [2.24, 2.45) is 10.2 Å². The Morgan fingerprint density at radius 3 is 1.39 bits per heavy atom. The third-order valence-corrected chi connectivity index (χ3v) is 19.4. The number of aromatic nitrogens is 8. The highest BCUT2D eigenvalue weighted by Gasteiger charge is 2.12. The van der Waals surface area contributed by atoms with Crippen molar-refractivity contribution in [3.05, 3.63) is 426 Å². The number of benzene rings is 13. The molecule has 0 atom stereocenters. The maximum Gasteiger partial charge on any atom is 0.417 e. The molecule has 0 bridgehead atoms. The summed E-state index contributed by atoms with van der Waals surface area (Å²) >= 11 is 1.68. The first-order chi connectivity index (χ1) is 72.8. The summed E-state index contributed by atoms with van der Waals surface area (Å²) < 4.78 is 41.7. The van der Waals surface area contributed by atoms with Crippen LogP contribution >= 0.6 is 11.3 Å². The molecule has 148 heavy (non-hydrogen) atoms. The normalized spacial score (nSPS) is 10.1. The number of furan rings is 1. The van der Waals surface area contributed by atoms with Gasteiger partial charge in [-0.15, -0.1) is 11.3 Å². The molecule has 0 amide bonds. The second kappa shape index (κ2) is 87.7. The lowest BCUT2D eigenvalue weighted by Crippen LogP contribution is -1.96. The van der Waals surface area contributed by atoms with Crippen molar-refractivity contribution in [3.63, 3.8) is 0 Å². The number of anilines is 1. The molecular weight excluding hydrogens is 1860 g/mol. The monoisotopic (exact) mass is 2020 g/mol. The van der Waals surface area contributed by atoms with E-state index in [9.17, 15) is 9.59 Å². The molecule has 12 heterocycles. The number of aryl methyl sites for hydroxylation is 2. The lowest BCUT2D eigenvalue weighted by molar-refractivity contribution is 0.174. The van der Waals surface area contributed by atoms with Gasteiger partial charge >= 0.3 is 11.4 Å². The molecule has 790 valence electrons. The standard InChI is InChI=1S/C9H7N.C9H6O2.C9H10.C8H8O.C8H6O.3C7H6N2.C7H5NO2.C7H7NO.C7H5NO.C7H5NS.C7H6O2.13C2H6.CH4/c1-2-6-9-8(4-1)5-3-7-10-9;10-9-6-5-7-3-1-2-4-8(7)11-9;1-2-5-9-7-3-6-8(9)4-1;2*1-2-4-8-7(3-1)5-6-9-8;1-2-4-7-6(3-1)8-5-9-7;2*1-2-4-7-6(3-1)5-8-9-7;9-7-8-5-3-1-2-4-6(5)10-7;4*1-2-4-7-6(3-1)8-5-9-7;13*1-2;/h1-7H;1-6H;1-2,4-5H,3,6-7H2;1-4H,5-6H2;1-6H;1-5H,(H,8,9);1-4H,5H2;1-5H,(H,8,9);1-4H,(H,8,9);1-4,8H,5H2;2*1-5H;1-4H,5H2;13*1-2H3;1H4. The summed E-state index contributed by atoms with van der Waals surface area (Å²) in [5.74, 6) is 3.31. The number of oxazole rings is 2. The van der Waals surface area contributed by atoms with Gasteiger partial charge in [0.15, 0.2) is 35.8 Å². The number of imidazole rings is 1. The molecule has 4 N–H and O–H groups in total. The van der Waals surface area contributed by atoms with Crippen LogP contribution in [-0.4, -0.2) is 60.2 Å². The fraction of sp³-hybridized carbons (Fsp3) is 0.278. The highest BCUT2D eigenvalue weighted by atomic mass is 32.1. The highest BCUT2D eigenvalue weighted by molar-refractivity contribution is 7.16. The number of fused-ring (bicyclic) bond motifs is 13. The van der Waals surface area contributed by atoms with E-state index in [1.165, 1.54) is 52.9 Å². The van der Waals surface area contributed by atoms with Crippen LogP contribution in [0.4, 0.5) is 11.4 Å². The molecule has 0 unspecified atom stereocenters. The summed E-state index contributed by atoms with van der Waals surface area (Å²) in [5, 5.41) is 22.1. The van der Waals surface area contributed by atoms with Gasteiger partial charge in [0, 0.05) is 45.8 Å². The van der Waals surface area contributed by atoms with Crippen molar-refractivity contribution < 1.29 is 36.6 Å². The van der Waals surface area contributed by atoms with Gasteiger partial charge in [0.05, 0.1) is 86.6 Å². The number of pyridine rings is 1. The molecule has 0 saturated heterocycles. The molecule has 0 fully saturated rings. The van der Waals surface area contributed by atoms with Gasteiger partial charge in [0.25, 0.3) is 0 Å². The number of hydrogen-bond donors (Lipinski definition) is 4. The molecule has 0 radical (unpaired) electrons. The number of aromatic amines is 3. The Morgan fingerprint density at radius 1 is 0.331 bits per heavy atom. The molecule has 0 spiro atoms. The van der Waals surface area contributed by atoms with Crippen LogP contribution in [0, 0.1) is 0 Å². The SMILES string of the molecule is C.CC.CC.CC.CC.CC.CC.CC.CC.CC.CC.CC.CC.CC.O=c1[nH]c2ccccc2o1.O=c1ccc2ccccc2o1.c1ccc2[nH]cnc2c1.c1ccc2[nH]ncc2c1.c1ccc2c(c1)CCC2.c1ccc2c(c1)CCO2.c1ccc2c(c1)CN=N2.c1ccc2c(c1)NCO2.c1ccc2c(c1)OCO2.c1ccc2ncccc2c1.c1ccc2occc2c1.c1ccc2ocnc2c1.c1ccc2scnc2c1. The molecule has 26 rings (SSSR count). The minimum absolute atomic E-state index is 0. The Labute approximate surface area is 885 Å². The quantitative estimate of drug-likeness (QED) is 0.103. The van der Waals surface area contributed by atoms with Gasteiger partial charge in [-0.25, -0.2) is 24.5 Å². The van der Waals surface area contributed by atoms with E-state index in [1.54, 1.807) is 59.3 Å². The first-order valence-electron chi connectivity index (χ1n) is 52.0. The molecule has 4 aliphatic heterocycles. The second-order valence-electron chi connectivity index (χ2n) is 26.6. The van der Waals surface area contributed by atoms with Gasteiger partial charge in [-0.1, -0.05) is 400 Å². The summed E-state index contributed by atoms with van der Waals surface area (Å²) in [6.45, 7) is 54.6. The van der Waals surface area contributed by atoms with Crippen molar-refractivity contribution in [3.8, 4) is 23.0 Å². The molecule has 22 heteroatoms. The molecule has 0 saturated carbocycles. The van der Waals surface area contributed by atoms with E-state index in [4.69, 9.17) is 36.6 Å². The fourth-order valence-corrected chi connectivity index (χ4v) is 13.2.